The summed E-state index contributed by atoms with van der Waals surface area (Å²) < 4.78 is 14.1. The number of carbonyl (C=O) groups is 1. The summed E-state index contributed by atoms with van der Waals surface area (Å²) in [6.07, 6.45) is 5.53. The number of hydrogen-bond acceptors (Lipinski definition) is 8. The highest BCUT2D eigenvalue weighted by Crippen LogP contribution is 2.28. The average molecular weight is 507 g/mol. The largest absolute Gasteiger partial charge is 0.465 e. The van der Waals surface area contributed by atoms with Crippen LogP contribution < -0.4 is 10.9 Å². The van der Waals surface area contributed by atoms with Gasteiger partial charge in [-0.3, -0.25) is 9.10 Å². The number of rotatable bonds is 8. The molecule has 1 aromatic carbocycles. The predicted octanol–water partition coefficient (Wildman–Crippen LogP) is 4.01. The van der Waals surface area contributed by atoms with Crippen LogP contribution in [0.4, 0.5) is 5.69 Å². The number of nitrogens with zero attached hydrogens (tertiary/aromatic N) is 3. The minimum absolute atomic E-state index is 0.0435. The van der Waals surface area contributed by atoms with Gasteiger partial charge in [-0.25, -0.2) is 9.48 Å². The van der Waals surface area contributed by atoms with Crippen LogP contribution in [-0.4, -0.2) is 60.0 Å². The quantitative estimate of drug-likeness (QED) is 0.424. The first-order valence-electron chi connectivity index (χ1n) is 11.7. The standard InChI is InChI=1S/C24H31ClN4O4S/c1-32-24(31)19-6-4-17(5-7-19)16-34-28-10-8-20(9-11-28)29-23(30)22(25)21(14-27-29)26-13-18-3-2-12-33-15-18/h4-7,14,18,20,26H,2-3,8-13,15-16H2,1H3. The van der Waals surface area contributed by atoms with Gasteiger partial charge in [0.2, 0.25) is 0 Å². The minimum Gasteiger partial charge on any atom is -0.465 e. The lowest BCUT2D eigenvalue weighted by molar-refractivity contribution is 0.0594. The van der Waals surface area contributed by atoms with Crippen molar-refractivity contribution in [3.63, 3.8) is 0 Å². The van der Waals surface area contributed by atoms with Gasteiger partial charge in [0.1, 0.15) is 5.02 Å². The van der Waals surface area contributed by atoms with Crippen LogP contribution in [0.25, 0.3) is 0 Å². The maximum absolute atomic E-state index is 12.9. The third-order valence-corrected chi connectivity index (χ3v) is 7.90. The number of carbonyl (C=O) groups excluding carboxylic acids is 1. The van der Waals surface area contributed by atoms with Crippen molar-refractivity contribution in [1.82, 2.24) is 14.1 Å². The topological polar surface area (TPSA) is 85.7 Å². The van der Waals surface area contributed by atoms with Crippen LogP contribution in [0.1, 0.15) is 47.6 Å². The Morgan fingerprint density at radius 3 is 2.71 bits per heavy atom. The van der Waals surface area contributed by atoms with Crippen molar-refractivity contribution in [3.05, 3.63) is 57.0 Å². The van der Waals surface area contributed by atoms with E-state index in [2.05, 4.69) is 14.7 Å². The average Bonchev–Trinajstić information content (AvgIpc) is 2.89. The Labute approximate surface area is 209 Å². The van der Waals surface area contributed by atoms with Crippen molar-refractivity contribution >= 4 is 35.2 Å². The summed E-state index contributed by atoms with van der Waals surface area (Å²) in [4.78, 5) is 24.4. The maximum atomic E-state index is 12.9. The number of ether oxygens (including phenoxy) is 2. The fraction of sp³-hybridized carbons (Fsp3) is 0.542. The number of esters is 1. The molecular formula is C24H31ClN4O4S. The Hall–Kier alpha value is -2.07. The fourth-order valence-electron chi connectivity index (χ4n) is 4.29. The molecule has 2 saturated heterocycles. The summed E-state index contributed by atoms with van der Waals surface area (Å²) >= 11 is 8.17. The van der Waals surface area contributed by atoms with Crippen molar-refractivity contribution in [1.29, 1.82) is 0 Å². The van der Waals surface area contributed by atoms with Gasteiger partial charge in [-0.15, -0.1) is 0 Å². The number of methoxy groups -OCH3 is 1. The lowest BCUT2D eigenvalue weighted by Crippen LogP contribution is -2.36. The second-order valence-electron chi connectivity index (χ2n) is 8.71. The van der Waals surface area contributed by atoms with E-state index < -0.39 is 0 Å². The molecule has 2 fully saturated rings. The summed E-state index contributed by atoms with van der Waals surface area (Å²) in [6, 6.07) is 7.53. The highest BCUT2D eigenvalue weighted by atomic mass is 35.5. The van der Waals surface area contributed by atoms with Crippen LogP contribution in [0.5, 0.6) is 0 Å². The fourth-order valence-corrected chi connectivity index (χ4v) is 5.48. The zero-order valence-corrected chi connectivity index (χ0v) is 20.9. The first-order chi connectivity index (χ1) is 16.5. The van der Waals surface area contributed by atoms with E-state index in [9.17, 15) is 9.59 Å². The number of hydrogen-bond donors (Lipinski definition) is 1. The van der Waals surface area contributed by atoms with Crippen molar-refractivity contribution in [2.75, 3.05) is 45.3 Å². The second kappa shape index (κ2) is 12.1. The molecule has 1 unspecified atom stereocenters. The SMILES string of the molecule is COC(=O)c1ccc(CSN2CCC(n3ncc(NCC4CCCOC4)c(Cl)c3=O)CC2)cc1. The van der Waals surface area contributed by atoms with Gasteiger partial charge in [-0.1, -0.05) is 35.7 Å². The molecule has 4 rings (SSSR count). The van der Waals surface area contributed by atoms with Crippen LogP contribution in [0.15, 0.2) is 35.3 Å². The Bertz CT molecular complexity index is 1020. The van der Waals surface area contributed by atoms with Crippen molar-refractivity contribution in [2.24, 2.45) is 5.92 Å². The molecule has 0 bridgehead atoms. The van der Waals surface area contributed by atoms with Crippen LogP contribution in [0.3, 0.4) is 0 Å². The number of benzene rings is 1. The van der Waals surface area contributed by atoms with Gasteiger partial charge in [-0.05, 0) is 49.3 Å². The lowest BCUT2D eigenvalue weighted by atomic mass is 10.0. The van der Waals surface area contributed by atoms with Gasteiger partial charge in [0.25, 0.3) is 5.56 Å². The van der Waals surface area contributed by atoms with Crippen molar-refractivity contribution in [2.45, 2.75) is 37.5 Å². The highest BCUT2D eigenvalue weighted by molar-refractivity contribution is 7.96. The van der Waals surface area contributed by atoms with E-state index in [4.69, 9.17) is 21.1 Å². The second-order valence-corrected chi connectivity index (χ2v) is 10.1. The molecular weight excluding hydrogens is 476 g/mol. The van der Waals surface area contributed by atoms with Crippen LogP contribution in [-0.2, 0) is 15.2 Å². The minimum atomic E-state index is -0.326. The molecule has 3 heterocycles. The molecule has 184 valence electrons. The van der Waals surface area contributed by atoms with Crippen molar-refractivity contribution in [3.8, 4) is 0 Å². The molecule has 1 atom stereocenters. The summed E-state index contributed by atoms with van der Waals surface area (Å²) in [5.74, 6) is 0.926. The van der Waals surface area contributed by atoms with Gasteiger partial charge >= 0.3 is 5.97 Å². The van der Waals surface area contributed by atoms with E-state index in [0.29, 0.717) is 17.2 Å². The van der Waals surface area contributed by atoms with E-state index >= 15 is 0 Å². The Morgan fingerprint density at radius 1 is 1.26 bits per heavy atom. The Kier molecular flexibility index (Phi) is 8.88. The highest BCUT2D eigenvalue weighted by Gasteiger charge is 2.24. The molecule has 0 radical (unpaired) electrons. The number of halogens is 1. The third kappa shape index (κ3) is 6.33. The van der Waals surface area contributed by atoms with Gasteiger partial charge < -0.3 is 14.8 Å². The van der Waals surface area contributed by atoms with Crippen molar-refractivity contribution < 1.29 is 14.3 Å². The van der Waals surface area contributed by atoms with Crippen LogP contribution >= 0.6 is 23.5 Å². The first kappa shape index (κ1) is 25.0. The summed E-state index contributed by atoms with van der Waals surface area (Å²) in [5, 5.41) is 7.93. The van der Waals surface area contributed by atoms with E-state index in [-0.39, 0.29) is 22.6 Å². The van der Waals surface area contributed by atoms with Gasteiger partial charge in [0, 0.05) is 32.0 Å². The molecule has 8 nitrogen and oxygen atoms in total. The van der Waals surface area contributed by atoms with Crippen LogP contribution in [0.2, 0.25) is 5.02 Å². The molecule has 0 aliphatic carbocycles. The number of anilines is 1. The summed E-state index contributed by atoms with van der Waals surface area (Å²) in [5.41, 5.74) is 2.06. The molecule has 0 amide bonds. The molecule has 0 spiro atoms. The molecule has 1 aromatic heterocycles. The maximum Gasteiger partial charge on any atom is 0.337 e. The van der Waals surface area contributed by atoms with E-state index in [1.165, 1.54) is 7.11 Å². The molecule has 2 aliphatic rings. The number of nitrogens with one attached hydrogen (secondary N) is 1. The Morgan fingerprint density at radius 2 is 2.03 bits per heavy atom. The number of piperidine rings is 1. The normalized spacial score (nSPS) is 19.6. The first-order valence-corrected chi connectivity index (χ1v) is 13.0. The predicted molar refractivity (Wildman–Crippen MR) is 134 cm³/mol. The van der Waals surface area contributed by atoms with Gasteiger partial charge in [0.15, 0.2) is 0 Å². The molecule has 1 N–H and O–H groups in total. The molecule has 2 aromatic rings. The van der Waals surface area contributed by atoms with E-state index in [1.807, 2.05) is 12.1 Å². The van der Waals surface area contributed by atoms with E-state index in [0.717, 1.165) is 69.8 Å². The van der Waals surface area contributed by atoms with Gasteiger partial charge in [-0.2, -0.15) is 5.10 Å². The summed E-state index contributed by atoms with van der Waals surface area (Å²) in [6.45, 7) is 4.03. The molecule has 34 heavy (non-hydrogen) atoms. The van der Waals surface area contributed by atoms with Crippen LogP contribution in [0, 0.1) is 5.92 Å². The summed E-state index contributed by atoms with van der Waals surface area (Å²) in [7, 11) is 1.38. The zero-order chi connectivity index (χ0) is 23.9. The molecule has 10 heteroatoms. The molecule has 0 saturated carbocycles. The Balaban J connectivity index is 1.26. The third-order valence-electron chi connectivity index (χ3n) is 6.34. The van der Waals surface area contributed by atoms with Gasteiger partial charge in [0.05, 0.1) is 37.2 Å². The molecule has 2 aliphatic heterocycles. The monoisotopic (exact) mass is 506 g/mol. The zero-order valence-electron chi connectivity index (χ0n) is 19.4. The smallest absolute Gasteiger partial charge is 0.337 e. The van der Waals surface area contributed by atoms with E-state index in [1.54, 1.807) is 35.0 Å². The lowest BCUT2D eigenvalue weighted by Gasteiger charge is -2.31. The number of aromatic nitrogens is 2.